The number of nitrogens with zero attached hydrogens (tertiary/aromatic N) is 2. The van der Waals surface area contributed by atoms with Gasteiger partial charge in [-0.1, -0.05) is 0 Å². The molecule has 4 aliphatic rings. The van der Waals surface area contributed by atoms with Gasteiger partial charge in [0, 0.05) is 47.4 Å². The summed E-state index contributed by atoms with van der Waals surface area (Å²) in [5, 5.41) is 23.1. The van der Waals surface area contributed by atoms with E-state index in [4.69, 9.17) is 28.4 Å². The fourth-order valence-electron chi connectivity index (χ4n) is 8.70. The minimum absolute atomic E-state index is 0.0205. The van der Waals surface area contributed by atoms with Crippen molar-refractivity contribution in [3.8, 4) is 62.9 Å². The van der Waals surface area contributed by atoms with Crippen LogP contribution in [0, 0.1) is 0 Å². The highest BCUT2D eigenvalue weighted by Crippen LogP contribution is 2.57. The molecule has 0 aromatic heterocycles. The van der Waals surface area contributed by atoms with E-state index in [9.17, 15) is 10.2 Å². The smallest absolute Gasteiger partial charge is 0.169 e. The summed E-state index contributed by atoms with van der Waals surface area (Å²) in [5.74, 6) is 4.15. The number of likely N-dealkylation sites (N-methyl/N-ethyl adjacent to an activating group) is 2. The standard InChI is InChI=1S/C39H42N2O8/c1-40-9-8-19-12-33(47-6)39(43)37-23-17-31(46-5)32(14-21(23)10-26(40)35(19)37)49-28-18-34(48-7)38(42)36-24(28)15-25-22-16-30(45-4)29(44-3)13-20(22)11-27(36)41(25)2/h12-14,16-18,25-27,42-43H,8-11,15H2,1-7H3/t25-,26+,27+/m1/s1. The van der Waals surface area contributed by atoms with Crippen molar-refractivity contribution in [1.29, 1.82) is 0 Å². The fraction of sp³-hybridized carbons (Fsp3) is 0.385. The molecule has 1 aliphatic carbocycles. The molecule has 4 aromatic rings. The molecule has 0 saturated carbocycles. The van der Waals surface area contributed by atoms with E-state index in [1.165, 1.54) is 11.1 Å². The SMILES string of the molecule is COc1cc2c(cc1OC)[C@H]1Cc3c(Oc4cc5c(cc4OC)-c4c(O)c(OC)cc6c4[C@H](C5)N(C)CC6)cc(OC)c(O)c3[C@H](C2)N1C. The number of hydrogen-bond acceptors (Lipinski definition) is 10. The third-order valence-electron chi connectivity index (χ3n) is 11.2. The lowest BCUT2D eigenvalue weighted by Gasteiger charge is -2.46. The van der Waals surface area contributed by atoms with Crippen molar-refractivity contribution in [1.82, 2.24) is 9.80 Å². The molecule has 4 aromatic carbocycles. The first kappa shape index (κ1) is 31.5. The Bertz CT molecular complexity index is 2010. The number of hydrogen-bond donors (Lipinski definition) is 2. The molecule has 0 spiro atoms. The summed E-state index contributed by atoms with van der Waals surface area (Å²) < 4.78 is 35.5. The second kappa shape index (κ2) is 11.7. The van der Waals surface area contributed by atoms with Crippen molar-refractivity contribution < 1.29 is 38.6 Å². The van der Waals surface area contributed by atoms with Crippen LogP contribution in [0.2, 0.25) is 0 Å². The molecule has 8 rings (SSSR count). The highest BCUT2D eigenvalue weighted by molar-refractivity contribution is 5.85. The van der Waals surface area contributed by atoms with Gasteiger partial charge in [-0.15, -0.1) is 0 Å². The number of ether oxygens (including phenoxy) is 6. The molecule has 49 heavy (non-hydrogen) atoms. The lowest BCUT2D eigenvalue weighted by atomic mass is 9.76. The maximum atomic E-state index is 11.6. The summed E-state index contributed by atoms with van der Waals surface area (Å²) in [6, 6.07) is 11.9. The van der Waals surface area contributed by atoms with Crippen molar-refractivity contribution in [3.63, 3.8) is 0 Å². The Morgan fingerprint density at radius 2 is 1.18 bits per heavy atom. The molecule has 2 N–H and O–H groups in total. The zero-order chi connectivity index (χ0) is 34.3. The normalized spacial score (nSPS) is 20.3. The Balaban J connectivity index is 1.26. The predicted octanol–water partition coefficient (Wildman–Crippen LogP) is 6.51. The monoisotopic (exact) mass is 666 g/mol. The topological polar surface area (TPSA) is 102 Å². The molecule has 256 valence electrons. The maximum Gasteiger partial charge on any atom is 0.169 e. The average Bonchev–Trinajstić information content (AvgIpc) is 3.11. The van der Waals surface area contributed by atoms with Crippen LogP contribution in [0.25, 0.3) is 11.1 Å². The Hall–Kier alpha value is -4.80. The number of benzene rings is 4. The third kappa shape index (κ3) is 4.60. The lowest BCUT2D eigenvalue weighted by molar-refractivity contribution is 0.132. The fourth-order valence-corrected chi connectivity index (χ4v) is 8.70. The van der Waals surface area contributed by atoms with Gasteiger partial charge in [-0.25, -0.2) is 0 Å². The highest BCUT2D eigenvalue weighted by atomic mass is 16.5. The summed E-state index contributed by atoms with van der Waals surface area (Å²) in [4.78, 5) is 4.66. The van der Waals surface area contributed by atoms with Crippen LogP contribution in [0.15, 0.2) is 36.4 Å². The highest BCUT2D eigenvalue weighted by Gasteiger charge is 2.43. The Labute approximate surface area is 286 Å². The van der Waals surface area contributed by atoms with E-state index in [0.717, 1.165) is 58.3 Å². The first-order chi connectivity index (χ1) is 23.7. The van der Waals surface area contributed by atoms with Gasteiger partial charge in [0.1, 0.15) is 5.75 Å². The maximum absolute atomic E-state index is 11.6. The van der Waals surface area contributed by atoms with Crippen molar-refractivity contribution in [2.75, 3.05) is 56.2 Å². The molecular weight excluding hydrogens is 624 g/mol. The first-order valence-electron chi connectivity index (χ1n) is 16.6. The van der Waals surface area contributed by atoms with Gasteiger partial charge in [-0.3, -0.25) is 9.80 Å². The molecular formula is C39H42N2O8. The van der Waals surface area contributed by atoms with Crippen LogP contribution in [0.4, 0.5) is 0 Å². The lowest BCUT2D eigenvalue weighted by Crippen LogP contribution is -2.40. The zero-order valence-electron chi connectivity index (χ0n) is 29.0. The van der Waals surface area contributed by atoms with Crippen molar-refractivity contribution >= 4 is 0 Å². The second-order valence-corrected chi connectivity index (χ2v) is 13.4. The number of aromatic hydroxyl groups is 2. The second-order valence-electron chi connectivity index (χ2n) is 13.4. The number of phenols is 2. The van der Waals surface area contributed by atoms with Crippen LogP contribution in [0.5, 0.6) is 51.7 Å². The van der Waals surface area contributed by atoms with Gasteiger partial charge in [-0.05, 0) is 103 Å². The Kier molecular flexibility index (Phi) is 7.49. The van der Waals surface area contributed by atoms with E-state index in [1.807, 2.05) is 18.2 Å². The van der Waals surface area contributed by atoms with E-state index in [0.29, 0.717) is 53.1 Å². The molecule has 3 heterocycles. The van der Waals surface area contributed by atoms with E-state index in [2.05, 4.69) is 36.0 Å². The van der Waals surface area contributed by atoms with Gasteiger partial charge in [0.15, 0.2) is 46.0 Å². The van der Waals surface area contributed by atoms with E-state index >= 15 is 0 Å². The molecule has 2 bridgehead atoms. The van der Waals surface area contributed by atoms with Crippen molar-refractivity contribution in [3.05, 3.63) is 75.3 Å². The summed E-state index contributed by atoms with van der Waals surface area (Å²) in [6.07, 6.45) is 2.91. The quantitative estimate of drug-likeness (QED) is 0.227. The van der Waals surface area contributed by atoms with Gasteiger partial charge in [0.05, 0.1) is 35.5 Å². The van der Waals surface area contributed by atoms with E-state index in [1.54, 1.807) is 41.6 Å². The van der Waals surface area contributed by atoms with Crippen LogP contribution < -0.4 is 28.4 Å². The minimum atomic E-state index is -0.118. The summed E-state index contributed by atoms with van der Waals surface area (Å²) in [6.45, 7) is 0.915. The van der Waals surface area contributed by atoms with E-state index < -0.39 is 0 Å². The molecule has 0 unspecified atom stereocenters. The molecule has 0 amide bonds. The molecule has 10 nitrogen and oxygen atoms in total. The van der Waals surface area contributed by atoms with Crippen LogP contribution >= 0.6 is 0 Å². The van der Waals surface area contributed by atoms with Gasteiger partial charge in [0.2, 0.25) is 0 Å². The first-order valence-corrected chi connectivity index (χ1v) is 16.6. The largest absolute Gasteiger partial charge is 0.504 e. The Morgan fingerprint density at radius 3 is 1.90 bits per heavy atom. The predicted molar refractivity (Wildman–Crippen MR) is 184 cm³/mol. The molecule has 0 radical (unpaired) electrons. The summed E-state index contributed by atoms with van der Waals surface area (Å²) in [7, 11) is 12.3. The van der Waals surface area contributed by atoms with Gasteiger partial charge in [0.25, 0.3) is 0 Å². The van der Waals surface area contributed by atoms with Crippen molar-refractivity contribution in [2.45, 2.75) is 43.8 Å². The van der Waals surface area contributed by atoms with Crippen LogP contribution in [0.3, 0.4) is 0 Å². The summed E-state index contributed by atoms with van der Waals surface area (Å²) >= 11 is 0. The summed E-state index contributed by atoms with van der Waals surface area (Å²) in [5.41, 5.74) is 9.15. The number of phenolic OH excluding ortho intramolecular Hbond substituents is 2. The Morgan fingerprint density at radius 1 is 0.571 bits per heavy atom. The third-order valence-corrected chi connectivity index (χ3v) is 11.2. The molecule has 3 atom stereocenters. The molecule has 3 aliphatic heterocycles. The van der Waals surface area contributed by atoms with E-state index in [-0.39, 0.29) is 29.6 Å². The van der Waals surface area contributed by atoms with Crippen LogP contribution in [-0.2, 0) is 25.7 Å². The number of rotatable bonds is 7. The van der Waals surface area contributed by atoms with Crippen LogP contribution in [-0.4, -0.2) is 76.2 Å². The van der Waals surface area contributed by atoms with Gasteiger partial charge >= 0.3 is 0 Å². The average molecular weight is 667 g/mol. The number of fused-ring (bicyclic) bond motifs is 8. The molecule has 0 saturated heterocycles. The van der Waals surface area contributed by atoms with Crippen LogP contribution in [0.1, 0.15) is 57.1 Å². The minimum Gasteiger partial charge on any atom is -0.504 e. The van der Waals surface area contributed by atoms with Gasteiger partial charge < -0.3 is 38.6 Å². The van der Waals surface area contributed by atoms with Gasteiger partial charge in [-0.2, -0.15) is 0 Å². The molecule has 0 fully saturated rings. The molecule has 10 heteroatoms. The number of methoxy groups -OCH3 is 5. The zero-order valence-corrected chi connectivity index (χ0v) is 29.0. The van der Waals surface area contributed by atoms with Crippen molar-refractivity contribution in [2.24, 2.45) is 0 Å².